The van der Waals surface area contributed by atoms with Crippen LogP contribution in [-0.4, -0.2) is 55.5 Å². The number of halogens is 1. The van der Waals surface area contributed by atoms with Gasteiger partial charge in [-0.25, -0.2) is 0 Å². The molecule has 0 spiro atoms. The fraction of sp³-hybridized carbons (Fsp3) is 0.682. The summed E-state index contributed by atoms with van der Waals surface area (Å²) in [4.78, 5) is 9.54. The zero-order valence-corrected chi connectivity index (χ0v) is 19.8. The largest absolute Gasteiger partial charge is 0.356 e. The molecule has 4 nitrogen and oxygen atoms in total. The van der Waals surface area contributed by atoms with Crippen LogP contribution in [-0.2, 0) is 6.54 Å². The summed E-state index contributed by atoms with van der Waals surface area (Å²) < 4.78 is 0. The first kappa shape index (κ1) is 22.5. The van der Waals surface area contributed by atoms with Gasteiger partial charge in [0.15, 0.2) is 5.96 Å². The molecule has 0 unspecified atom stereocenters. The number of aliphatic imine (C=N–C) groups is 1. The van der Waals surface area contributed by atoms with E-state index in [2.05, 4.69) is 65.1 Å². The predicted molar refractivity (Wildman–Crippen MR) is 126 cm³/mol. The van der Waals surface area contributed by atoms with Crippen molar-refractivity contribution in [3.63, 3.8) is 0 Å². The van der Waals surface area contributed by atoms with Gasteiger partial charge in [-0.1, -0.05) is 43.7 Å². The van der Waals surface area contributed by atoms with Crippen molar-refractivity contribution in [1.82, 2.24) is 15.1 Å². The van der Waals surface area contributed by atoms with Gasteiger partial charge in [0.2, 0.25) is 0 Å². The Bertz CT molecular complexity index is 603. The molecular weight excluding hydrogens is 447 g/mol. The Hall–Kier alpha value is -0.820. The first-order valence-corrected chi connectivity index (χ1v) is 10.2. The predicted octanol–water partition coefficient (Wildman–Crippen LogP) is 4.13. The number of aryl methyl sites for hydroxylation is 1. The SMILES string of the molecule is CN=C(NCC1CCN(Cc2ccc(C)cc2)CC1)N1CCC(C)(C)C1.I. The number of guanidine groups is 1. The smallest absolute Gasteiger partial charge is 0.193 e. The van der Waals surface area contributed by atoms with Crippen molar-refractivity contribution < 1.29 is 0 Å². The lowest BCUT2D eigenvalue weighted by molar-refractivity contribution is 0.177. The Labute approximate surface area is 182 Å². The van der Waals surface area contributed by atoms with Crippen LogP contribution >= 0.6 is 24.0 Å². The van der Waals surface area contributed by atoms with Crippen molar-refractivity contribution in [1.29, 1.82) is 0 Å². The molecule has 152 valence electrons. The Balaban J connectivity index is 0.00000261. The Morgan fingerprint density at radius 2 is 1.81 bits per heavy atom. The van der Waals surface area contributed by atoms with Crippen molar-refractivity contribution in [3.8, 4) is 0 Å². The van der Waals surface area contributed by atoms with E-state index in [1.165, 1.54) is 43.5 Å². The zero-order valence-electron chi connectivity index (χ0n) is 17.5. The second-order valence-corrected chi connectivity index (χ2v) is 8.97. The maximum atomic E-state index is 4.52. The lowest BCUT2D eigenvalue weighted by atomic mass is 9.93. The fourth-order valence-corrected chi connectivity index (χ4v) is 4.16. The van der Waals surface area contributed by atoms with E-state index in [-0.39, 0.29) is 24.0 Å². The van der Waals surface area contributed by atoms with Gasteiger partial charge < -0.3 is 10.2 Å². The van der Waals surface area contributed by atoms with Gasteiger partial charge in [-0.05, 0) is 56.2 Å². The van der Waals surface area contributed by atoms with Crippen LogP contribution in [0.5, 0.6) is 0 Å². The normalized spacial score (nSPS) is 21.2. The molecule has 0 atom stereocenters. The molecule has 0 aliphatic carbocycles. The average Bonchev–Trinajstić information content (AvgIpc) is 2.99. The maximum absolute atomic E-state index is 4.52. The Morgan fingerprint density at radius 3 is 2.37 bits per heavy atom. The van der Waals surface area contributed by atoms with Crippen molar-refractivity contribution in [3.05, 3.63) is 35.4 Å². The molecule has 0 bridgehead atoms. The van der Waals surface area contributed by atoms with Gasteiger partial charge in [0.05, 0.1) is 0 Å². The summed E-state index contributed by atoms with van der Waals surface area (Å²) in [5, 5.41) is 3.65. The molecule has 5 heteroatoms. The monoisotopic (exact) mass is 484 g/mol. The minimum Gasteiger partial charge on any atom is -0.356 e. The topological polar surface area (TPSA) is 30.9 Å². The van der Waals surface area contributed by atoms with E-state index in [0.717, 1.165) is 38.1 Å². The number of hydrogen-bond acceptors (Lipinski definition) is 2. The van der Waals surface area contributed by atoms with E-state index in [1.807, 2.05) is 7.05 Å². The van der Waals surface area contributed by atoms with Gasteiger partial charge in [-0.2, -0.15) is 0 Å². The summed E-state index contributed by atoms with van der Waals surface area (Å²) in [6.45, 7) is 13.6. The van der Waals surface area contributed by atoms with E-state index in [1.54, 1.807) is 0 Å². The summed E-state index contributed by atoms with van der Waals surface area (Å²) >= 11 is 0. The lowest BCUT2D eigenvalue weighted by Crippen LogP contribution is -2.44. The first-order chi connectivity index (χ1) is 12.4. The molecule has 2 fully saturated rings. The van der Waals surface area contributed by atoms with Crippen LogP contribution in [0.3, 0.4) is 0 Å². The third-order valence-corrected chi connectivity index (χ3v) is 5.97. The molecule has 1 aromatic carbocycles. The van der Waals surface area contributed by atoms with Crippen LogP contribution in [0.1, 0.15) is 44.2 Å². The van der Waals surface area contributed by atoms with Gasteiger partial charge in [0.1, 0.15) is 0 Å². The second-order valence-electron chi connectivity index (χ2n) is 8.97. The van der Waals surface area contributed by atoms with Gasteiger partial charge in [0.25, 0.3) is 0 Å². The number of nitrogens with one attached hydrogen (secondary N) is 1. The summed E-state index contributed by atoms with van der Waals surface area (Å²) in [5.74, 6) is 1.86. The molecule has 0 aromatic heterocycles. The number of benzene rings is 1. The molecule has 0 radical (unpaired) electrons. The molecule has 1 N–H and O–H groups in total. The molecule has 2 heterocycles. The van der Waals surface area contributed by atoms with Crippen molar-refractivity contribution in [2.75, 3.05) is 39.8 Å². The molecule has 3 rings (SSSR count). The fourth-order valence-electron chi connectivity index (χ4n) is 4.16. The third-order valence-electron chi connectivity index (χ3n) is 5.97. The molecular formula is C22H37IN4. The van der Waals surface area contributed by atoms with Crippen molar-refractivity contribution in [2.24, 2.45) is 16.3 Å². The summed E-state index contributed by atoms with van der Waals surface area (Å²) in [6, 6.07) is 8.98. The second kappa shape index (κ2) is 10.1. The van der Waals surface area contributed by atoms with Crippen LogP contribution < -0.4 is 5.32 Å². The summed E-state index contributed by atoms with van der Waals surface area (Å²) in [6.07, 6.45) is 3.81. The lowest BCUT2D eigenvalue weighted by Gasteiger charge is -2.33. The van der Waals surface area contributed by atoms with Gasteiger partial charge in [-0.3, -0.25) is 9.89 Å². The van der Waals surface area contributed by atoms with Crippen LogP contribution in [0.2, 0.25) is 0 Å². The van der Waals surface area contributed by atoms with Gasteiger partial charge in [-0.15, -0.1) is 24.0 Å². The van der Waals surface area contributed by atoms with Crippen LogP contribution in [0.25, 0.3) is 0 Å². The third kappa shape index (κ3) is 6.63. The van der Waals surface area contributed by atoms with Crippen molar-refractivity contribution >= 4 is 29.9 Å². The van der Waals surface area contributed by atoms with Crippen LogP contribution in [0.4, 0.5) is 0 Å². The number of hydrogen-bond donors (Lipinski definition) is 1. The maximum Gasteiger partial charge on any atom is 0.193 e. The van der Waals surface area contributed by atoms with E-state index in [0.29, 0.717) is 5.41 Å². The van der Waals surface area contributed by atoms with E-state index in [4.69, 9.17) is 0 Å². The number of nitrogens with zero attached hydrogens (tertiary/aromatic N) is 3. The Morgan fingerprint density at radius 1 is 1.15 bits per heavy atom. The quantitative estimate of drug-likeness (QED) is 0.396. The molecule has 2 aliphatic rings. The van der Waals surface area contributed by atoms with Crippen LogP contribution in [0, 0.1) is 18.3 Å². The molecule has 27 heavy (non-hydrogen) atoms. The van der Waals surface area contributed by atoms with E-state index in [9.17, 15) is 0 Å². The standard InChI is InChI=1S/C22H36N4.HI/c1-18-5-7-20(8-6-18)16-25-12-9-19(10-13-25)15-24-21(23-4)26-14-11-22(2,3)17-26;/h5-8,19H,9-17H2,1-4H3,(H,23,24);1H. The highest BCUT2D eigenvalue weighted by molar-refractivity contribution is 14.0. The Kier molecular flexibility index (Phi) is 8.40. The minimum absolute atomic E-state index is 0. The average molecular weight is 484 g/mol. The van der Waals surface area contributed by atoms with Gasteiger partial charge in [0, 0.05) is 33.2 Å². The molecule has 2 aliphatic heterocycles. The zero-order chi connectivity index (χ0) is 18.6. The molecule has 2 saturated heterocycles. The highest BCUT2D eigenvalue weighted by Gasteiger charge is 2.31. The van der Waals surface area contributed by atoms with E-state index < -0.39 is 0 Å². The number of rotatable bonds is 4. The number of piperidine rings is 1. The molecule has 1 aromatic rings. The molecule has 0 saturated carbocycles. The summed E-state index contributed by atoms with van der Waals surface area (Å²) in [7, 11) is 1.91. The molecule has 0 amide bonds. The van der Waals surface area contributed by atoms with Crippen LogP contribution in [0.15, 0.2) is 29.3 Å². The highest BCUT2D eigenvalue weighted by Crippen LogP contribution is 2.28. The van der Waals surface area contributed by atoms with E-state index >= 15 is 0 Å². The first-order valence-electron chi connectivity index (χ1n) is 10.2. The number of likely N-dealkylation sites (tertiary alicyclic amines) is 2. The highest BCUT2D eigenvalue weighted by atomic mass is 127. The van der Waals surface area contributed by atoms with Crippen molar-refractivity contribution in [2.45, 2.75) is 46.6 Å². The summed E-state index contributed by atoms with van der Waals surface area (Å²) in [5.41, 5.74) is 3.19. The minimum atomic E-state index is 0. The van der Waals surface area contributed by atoms with Gasteiger partial charge >= 0.3 is 0 Å².